The van der Waals surface area contributed by atoms with Gasteiger partial charge >= 0.3 is 0 Å². The van der Waals surface area contributed by atoms with Crippen molar-refractivity contribution in [3.05, 3.63) is 113 Å². The lowest BCUT2D eigenvalue weighted by atomic mass is 9.96. The molecule has 0 bridgehead atoms. The van der Waals surface area contributed by atoms with Gasteiger partial charge in [-0.25, -0.2) is 4.39 Å². The van der Waals surface area contributed by atoms with E-state index >= 15 is 0 Å². The summed E-state index contributed by atoms with van der Waals surface area (Å²) in [6.07, 6.45) is 5.45. The summed E-state index contributed by atoms with van der Waals surface area (Å²) in [7, 11) is 0. The molecule has 0 saturated carbocycles. The van der Waals surface area contributed by atoms with E-state index in [1.807, 2.05) is 36.7 Å². The zero-order chi connectivity index (χ0) is 22.9. The molecule has 0 radical (unpaired) electrons. The summed E-state index contributed by atoms with van der Waals surface area (Å²) in [5.41, 5.74) is 6.27. The fourth-order valence-electron chi connectivity index (χ4n) is 4.68. The van der Waals surface area contributed by atoms with Gasteiger partial charge in [0.2, 0.25) is 0 Å². The van der Waals surface area contributed by atoms with Crippen LogP contribution in [0.15, 0.2) is 79.3 Å². The van der Waals surface area contributed by atoms with Gasteiger partial charge in [-0.2, -0.15) is 0 Å². The minimum atomic E-state index is -0.246. The standard InChI is InChI=1S/C26H24FN5S/c1-17-14-22(18(2)32(17)21-10-8-20(27)9-11-21)25-24(23-7-3-4-13-29-23)30-26(33)31(25)16-19-6-5-12-28-15-19/h3-15,24-25H,16H2,1-2H3,(H,30,33)/t24-,25+/m1/s1. The van der Waals surface area contributed by atoms with Crippen LogP contribution in [0.1, 0.15) is 40.3 Å². The third-order valence-electron chi connectivity index (χ3n) is 6.15. The summed E-state index contributed by atoms with van der Waals surface area (Å²) < 4.78 is 15.7. The molecule has 166 valence electrons. The Balaban J connectivity index is 1.61. The van der Waals surface area contributed by atoms with Crippen LogP contribution in [-0.4, -0.2) is 24.5 Å². The van der Waals surface area contributed by atoms with E-state index in [-0.39, 0.29) is 17.9 Å². The lowest BCUT2D eigenvalue weighted by Gasteiger charge is -2.28. The summed E-state index contributed by atoms with van der Waals surface area (Å²) in [6.45, 7) is 4.81. The molecule has 1 aromatic carbocycles. The quantitative estimate of drug-likeness (QED) is 0.418. The molecule has 0 unspecified atom stereocenters. The van der Waals surface area contributed by atoms with Gasteiger partial charge in [-0.15, -0.1) is 0 Å². The van der Waals surface area contributed by atoms with Crippen molar-refractivity contribution >= 4 is 17.3 Å². The highest BCUT2D eigenvalue weighted by Gasteiger charge is 2.41. The Hall–Kier alpha value is -3.58. The van der Waals surface area contributed by atoms with E-state index in [0.29, 0.717) is 11.7 Å². The number of hydrogen-bond donors (Lipinski definition) is 1. The highest BCUT2D eigenvalue weighted by Crippen LogP contribution is 2.42. The summed E-state index contributed by atoms with van der Waals surface area (Å²) in [5, 5.41) is 4.19. The number of rotatable bonds is 5. The van der Waals surface area contributed by atoms with Crippen LogP contribution in [0.25, 0.3) is 5.69 Å². The highest BCUT2D eigenvalue weighted by molar-refractivity contribution is 7.80. The van der Waals surface area contributed by atoms with Crippen LogP contribution in [0.3, 0.4) is 0 Å². The first kappa shape index (κ1) is 21.3. The molecule has 1 saturated heterocycles. The van der Waals surface area contributed by atoms with E-state index in [4.69, 9.17) is 12.2 Å². The van der Waals surface area contributed by atoms with Crippen molar-refractivity contribution in [1.29, 1.82) is 0 Å². The maximum absolute atomic E-state index is 13.5. The second-order valence-electron chi connectivity index (χ2n) is 8.25. The molecule has 4 aromatic rings. The second-order valence-corrected chi connectivity index (χ2v) is 8.64. The maximum atomic E-state index is 13.5. The third kappa shape index (κ3) is 4.00. The topological polar surface area (TPSA) is 46.0 Å². The normalized spacial score (nSPS) is 17.9. The largest absolute Gasteiger partial charge is 0.352 e. The second kappa shape index (κ2) is 8.75. The molecular formula is C26H24FN5S. The molecule has 1 aliphatic rings. The summed E-state index contributed by atoms with van der Waals surface area (Å²) >= 11 is 5.80. The van der Waals surface area contributed by atoms with Gasteiger partial charge in [-0.05, 0) is 85.7 Å². The Morgan fingerprint density at radius 1 is 1.03 bits per heavy atom. The molecule has 33 heavy (non-hydrogen) atoms. The van der Waals surface area contributed by atoms with E-state index in [1.165, 1.54) is 12.1 Å². The van der Waals surface area contributed by atoms with Crippen LogP contribution in [0, 0.1) is 19.7 Å². The Labute approximate surface area is 197 Å². The molecule has 0 spiro atoms. The fraction of sp³-hybridized carbons (Fsp3) is 0.192. The molecule has 3 aromatic heterocycles. The smallest absolute Gasteiger partial charge is 0.170 e. The Morgan fingerprint density at radius 3 is 2.55 bits per heavy atom. The lowest BCUT2D eigenvalue weighted by molar-refractivity contribution is 0.310. The van der Waals surface area contributed by atoms with Crippen molar-refractivity contribution in [2.45, 2.75) is 32.5 Å². The highest BCUT2D eigenvalue weighted by atomic mass is 32.1. The minimum absolute atomic E-state index is 0.0620. The molecular weight excluding hydrogens is 433 g/mol. The third-order valence-corrected chi connectivity index (χ3v) is 6.50. The van der Waals surface area contributed by atoms with E-state index < -0.39 is 0 Å². The van der Waals surface area contributed by atoms with E-state index in [2.05, 4.69) is 50.7 Å². The summed E-state index contributed by atoms with van der Waals surface area (Å²) in [4.78, 5) is 11.1. The van der Waals surface area contributed by atoms with E-state index in [9.17, 15) is 4.39 Å². The average Bonchev–Trinajstić information content (AvgIpc) is 3.31. The molecule has 7 heteroatoms. The first-order valence-corrected chi connectivity index (χ1v) is 11.3. The van der Waals surface area contributed by atoms with Crippen LogP contribution in [0.5, 0.6) is 0 Å². The molecule has 1 fully saturated rings. The fourth-order valence-corrected chi connectivity index (χ4v) is 4.98. The van der Waals surface area contributed by atoms with Crippen LogP contribution < -0.4 is 5.32 Å². The van der Waals surface area contributed by atoms with Gasteiger partial charge in [-0.3, -0.25) is 9.97 Å². The molecule has 4 heterocycles. The minimum Gasteiger partial charge on any atom is -0.352 e. The predicted molar refractivity (Wildman–Crippen MR) is 130 cm³/mol. The van der Waals surface area contributed by atoms with Crippen molar-refractivity contribution in [2.75, 3.05) is 0 Å². The number of pyridine rings is 2. The summed E-state index contributed by atoms with van der Waals surface area (Å²) in [5.74, 6) is -0.246. The van der Waals surface area contributed by atoms with Crippen molar-refractivity contribution < 1.29 is 4.39 Å². The first-order chi connectivity index (χ1) is 16.0. The molecule has 0 amide bonds. The van der Waals surface area contributed by atoms with Crippen molar-refractivity contribution in [1.82, 2.24) is 24.8 Å². The molecule has 5 nitrogen and oxygen atoms in total. The van der Waals surface area contributed by atoms with Crippen LogP contribution in [0.4, 0.5) is 4.39 Å². The first-order valence-electron chi connectivity index (χ1n) is 10.8. The van der Waals surface area contributed by atoms with E-state index in [0.717, 1.165) is 33.9 Å². The van der Waals surface area contributed by atoms with Crippen LogP contribution in [-0.2, 0) is 6.54 Å². The number of halogens is 1. The number of nitrogens with zero attached hydrogens (tertiary/aromatic N) is 4. The van der Waals surface area contributed by atoms with Crippen molar-refractivity contribution in [3.63, 3.8) is 0 Å². The number of benzene rings is 1. The Bertz CT molecular complexity index is 1270. The number of nitrogens with one attached hydrogen (secondary N) is 1. The molecule has 5 rings (SSSR count). The van der Waals surface area contributed by atoms with Gasteiger partial charge in [-0.1, -0.05) is 12.1 Å². The van der Waals surface area contributed by atoms with Gasteiger partial charge in [0.15, 0.2) is 5.11 Å². The van der Waals surface area contributed by atoms with Gasteiger partial charge in [0.25, 0.3) is 0 Å². The summed E-state index contributed by atoms with van der Waals surface area (Å²) in [6, 6.07) is 18.6. The molecule has 2 atom stereocenters. The molecule has 1 N–H and O–H groups in total. The van der Waals surface area contributed by atoms with Crippen LogP contribution in [0.2, 0.25) is 0 Å². The zero-order valence-electron chi connectivity index (χ0n) is 18.4. The van der Waals surface area contributed by atoms with Gasteiger partial charge in [0.1, 0.15) is 5.82 Å². The lowest BCUT2D eigenvalue weighted by Crippen LogP contribution is -2.29. The Morgan fingerprint density at radius 2 is 1.85 bits per heavy atom. The van der Waals surface area contributed by atoms with Crippen LogP contribution >= 0.6 is 12.2 Å². The van der Waals surface area contributed by atoms with E-state index in [1.54, 1.807) is 18.3 Å². The average molecular weight is 458 g/mol. The Kier molecular flexibility index (Phi) is 5.64. The number of hydrogen-bond acceptors (Lipinski definition) is 3. The number of thiocarbonyl (C=S) groups is 1. The SMILES string of the molecule is Cc1cc([C@H]2[C@@H](c3ccccn3)NC(=S)N2Cc2cccnc2)c(C)n1-c1ccc(F)cc1. The predicted octanol–water partition coefficient (Wildman–Crippen LogP) is 5.20. The maximum Gasteiger partial charge on any atom is 0.170 e. The monoisotopic (exact) mass is 457 g/mol. The molecule has 0 aliphatic carbocycles. The van der Waals surface area contributed by atoms with Crippen molar-refractivity contribution in [3.8, 4) is 5.69 Å². The van der Waals surface area contributed by atoms with Gasteiger partial charge < -0.3 is 14.8 Å². The van der Waals surface area contributed by atoms with Crippen molar-refractivity contribution in [2.24, 2.45) is 0 Å². The van der Waals surface area contributed by atoms with Gasteiger partial charge in [0, 0.05) is 42.2 Å². The number of aryl methyl sites for hydroxylation is 1. The molecule has 1 aliphatic heterocycles. The van der Waals surface area contributed by atoms with Gasteiger partial charge in [0.05, 0.1) is 17.8 Å². The number of aromatic nitrogens is 3. The zero-order valence-corrected chi connectivity index (χ0v) is 19.3.